The lowest BCUT2D eigenvalue weighted by Gasteiger charge is -2.25. The second kappa shape index (κ2) is 8.30. The Labute approximate surface area is 192 Å². The van der Waals surface area contributed by atoms with E-state index in [2.05, 4.69) is 35.6 Å². The zero-order valence-corrected chi connectivity index (χ0v) is 18.4. The first-order chi connectivity index (χ1) is 15.5. The number of anilines is 1. The molecule has 160 valence electrons. The minimum Gasteiger partial charge on any atom is -0.508 e. The summed E-state index contributed by atoms with van der Waals surface area (Å²) < 4.78 is 0. The van der Waals surface area contributed by atoms with Gasteiger partial charge in [-0.05, 0) is 70.8 Å². The maximum atomic E-state index is 13.5. The molecule has 2 atom stereocenters. The molecule has 0 saturated carbocycles. The highest BCUT2D eigenvalue weighted by Crippen LogP contribution is 2.37. The number of rotatable bonds is 3. The van der Waals surface area contributed by atoms with Crippen LogP contribution in [0.15, 0.2) is 84.9 Å². The predicted molar refractivity (Wildman–Crippen MR) is 129 cm³/mol. The van der Waals surface area contributed by atoms with Gasteiger partial charge in [-0.1, -0.05) is 60.1 Å². The molecule has 1 aliphatic heterocycles. The summed E-state index contributed by atoms with van der Waals surface area (Å²) in [5.41, 5.74) is 3.79. The normalized spacial score (nSPS) is 18.4. The Kier molecular flexibility index (Phi) is 5.33. The number of carbonyl (C=O) groups is 1. The van der Waals surface area contributed by atoms with E-state index in [0.29, 0.717) is 11.6 Å². The molecule has 0 aliphatic carbocycles. The zero-order chi connectivity index (χ0) is 22.2. The van der Waals surface area contributed by atoms with Gasteiger partial charge in [-0.3, -0.25) is 10.1 Å². The maximum absolute atomic E-state index is 13.5. The van der Waals surface area contributed by atoms with E-state index in [4.69, 9.17) is 11.6 Å². The number of benzene rings is 4. The number of fused-ring (bicyclic) bond motifs is 2. The van der Waals surface area contributed by atoms with Crippen LogP contribution in [0.5, 0.6) is 5.75 Å². The van der Waals surface area contributed by atoms with Gasteiger partial charge in [0.2, 0.25) is 5.91 Å². The average Bonchev–Trinajstić information content (AvgIpc) is 2.90. The van der Waals surface area contributed by atoms with Crippen LogP contribution in [0.1, 0.15) is 29.7 Å². The first-order valence-corrected chi connectivity index (χ1v) is 11.0. The minimum atomic E-state index is -0.402. The molecule has 5 rings (SSSR count). The molecule has 32 heavy (non-hydrogen) atoms. The zero-order valence-electron chi connectivity index (χ0n) is 17.6. The standard InChI is InChI=1S/C27H23ClN2O2/c1-17-27(32)30(16-18-6-7-19-4-2-3-5-21(19)14-18)25-13-10-22(28)15-24(25)26(29-17)20-8-11-23(31)12-9-20/h2-15,17,26,29,31H,16H2,1H3. The third-order valence-electron chi connectivity index (χ3n) is 6.03. The van der Waals surface area contributed by atoms with Gasteiger partial charge in [0, 0.05) is 10.7 Å². The van der Waals surface area contributed by atoms with Gasteiger partial charge in [0.25, 0.3) is 0 Å². The first kappa shape index (κ1) is 20.6. The van der Waals surface area contributed by atoms with E-state index in [1.165, 1.54) is 5.39 Å². The molecule has 2 N–H and O–H groups in total. The van der Waals surface area contributed by atoms with Crippen molar-refractivity contribution in [3.8, 4) is 5.75 Å². The monoisotopic (exact) mass is 442 g/mol. The van der Waals surface area contributed by atoms with Crippen LogP contribution in [-0.4, -0.2) is 17.1 Å². The fraction of sp³-hybridized carbons (Fsp3) is 0.148. The number of nitrogens with zero attached hydrogens (tertiary/aromatic N) is 1. The maximum Gasteiger partial charge on any atom is 0.244 e. The van der Waals surface area contributed by atoms with Gasteiger partial charge >= 0.3 is 0 Å². The fourth-order valence-corrected chi connectivity index (χ4v) is 4.57. The fourth-order valence-electron chi connectivity index (χ4n) is 4.39. The molecule has 0 radical (unpaired) electrons. The Hall–Kier alpha value is -3.34. The number of carbonyl (C=O) groups excluding carboxylic acids is 1. The van der Waals surface area contributed by atoms with Crippen molar-refractivity contribution in [1.82, 2.24) is 5.32 Å². The van der Waals surface area contributed by atoms with E-state index in [0.717, 1.165) is 27.8 Å². The van der Waals surface area contributed by atoms with Crippen molar-refractivity contribution in [2.75, 3.05) is 4.90 Å². The lowest BCUT2D eigenvalue weighted by Crippen LogP contribution is -2.43. The second-order valence-corrected chi connectivity index (χ2v) is 8.66. The van der Waals surface area contributed by atoms with Crippen LogP contribution < -0.4 is 10.2 Å². The Morgan fingerprint density at radius 2 is 1.69 bits per heavy atom. The lowest BCUT2D eigenvalue weighted by atomic mass is 9.96. The number of phenolic OH excluding ortho intramolecular Hbond substituents is 1. The highest BCUT2D eigenvalue weighted by molar-refractivity contribution is 6.30. The first-order valence-electron chi connectivity index (χ1n) is 10.6. The topological polar surface area (TPSA) is 52.6 Å². The number of hydrogen-bond acceptors (Lipinski definition) is 3. The van der Waals surface area contributed by atoms with Crippen molar-refractivity contribution >= 4 is 34.0 Å². The summed E-state index contributed by atoms with van der Waals surface area (Å²) in [4.78, 5) is 15.3. The van der Waals surface area contributed by atoms with Crippen molar-refractivity contribution in [3.05, 3.63) is 107 Å². The molecular formula is C27H23ClN2O2. The van der Waals surface area contributed by atoms with Crippen molar-refractivity contribution in [3.63, 3.8) is 0 Å². The van der Waals surface area contributed by atoms with Gasteiger partial charge in [0.15, 0.2) is 0 Å². The molecule has 5 heteroatoms. The van der Waals surface area contributed by atoms with E-state index in [9.17, 15) is 9.90 Å². The van der Waals surface area contributed by atoms with E-state index >= 15 is 0 Å². The number of nitrogens with one attached hydrogen (secondary N) is 1. The summed E-state index contributed by atoms with van der Waals surface area (Å²) in [5.74, 6) is 0.207. The van der Waals surface area contributed by atoms with Crippen LogP contribution in [0.25, 0.3) is 10.8 Å². The quantitative estimate of drug-likeness (QED) is 0.420. The minimum absolute atomic E-state index is 0.00279. The van der Waals surface area contributed by atoms with Crippen LogP contribution in [0.2, 0.25) is 5.02 Å². The highest BCUT2D eigenvalue weighted by atomic mass is 35.5. The third kappa shape index (κ3) is 3.83. The van der Waals surface area contributed by atoms with Crippen molar-refractivity contribution in [2.24, 2.45) is 0 Å². The van der Waals surface area contributed by atoms with Crippen molar-refractivity contribution in [2.45, 2.75) is 25.6 Å². The Morgan fingerprint density at radius 1 is 0.938 bits per heavy atom. The predicted octanol–water partition coefficient (Wildman–Crippen LogP) is 5.81. The lowest BCUT2D eigenvalue weighted by molar-refractivity contribution is -0.120. The molecule has 4 aromatic carbocycles. The van der Waals surface area contributed by atoms with E-state index in [1.807, 2.05) is 54.3 Å². The summed E-state index contributed by atoms with van der Waals surface area (Å²) in [5, 5.41) is 16.1. The largest absolute Gasteiger partial charge is 0.508 e. The molecule has 0 saturated heterocycles. The van der Waals surface area contributed by atoms with Crippen LogP contribution in [0, 0.1) is 0 Å². The number of halogens is 1. The van der Waals surface area contributed by atoms with Crippen LogP contribution in [0.3, 0.4) is 0 Å². The van der Waals surface area contributed by atoms with Gasteiger partial charge in [-0.25, -0.2) is 0 Å². The van der Waals surface area contributed by atoms with Crippen molar-refractivity contribution < 1.29 is 9.90 Å². The van der Waals surface area contributed by atoms with Crippen LogP contribution >= 0.6 is 11.6 Å². The molecule has 4 nitrogen and oxygen atoms in total. The van der Waals surface area contributed by atoms with Gasteiger partial charge in [0.1, 0.15) is 5.75 Å². The second-order valence-electron chi connectivity index (χ2n) is 8.22. The average molecular weight is 443 g/mol. The van der Waals surface area contributed by atoms with Gasteiger partial charge in [0.05, 0.1) is 18.6 Å². The molecule has 2 unspecified atom stereocenters. The number of hydrogen-bond donors (Lipinski definition) is 2. The molecule has 1 aliphatic rings. The summed E-state index contributed by atoms with van der Waals surface area (Å²) in [6, 6.07) is 26.6. The van der Waals surface area contributed by atoms with E-state index in [1.54, 1.807) is 12.1 Å². The number of amides is 1. The Balaban J connectivity index is 1.60. The third-order valence-corrected chi connectivity index (χ3v) is 6.26. The molecule has 0 bridgehead atoms. The van der Waals surface area contributed by atoms with Gasteiger partial charge in [-0.15, -0.1) is 0 Å². The van der Waals surface area contributed by atoms with Crippen LogP contribution in [0.4, 0.5) is 5.69 Å². The molecule has 0 fully saturated rings. The molecule has 4 aromatic rings. The molecule has 1 heterocycles. The Morgan fingerprint density at radius 3 is 2.47 bits per heavy atom. The van der Waals surface area contributed by atoms with E-state index in [-0.39, 0.29) is 17.7 Å². The highest BCUT2D eigenvalue weighted by Gasteiger charge is 2.33. The summed E-state index contributed by atoms with van der Waals surface area (Å²) in [6.07, 6.45) is 0. The van der Waals surface area contributed by atoms with E-state index < -0.39 is 6.04 Å². The summed E-state index contributed by atoms with van der Waals surface area (Å²) in [6.45, 7) is 2.35. The summed E-state index contributed by atoms with van der Waals surface area (Å²) >= 11 is 6.38. The molecule has 1 amide bonds. The number of aromatic hydroxyl groups is 1. The molecule has 0 spiro atoms. The van der Waals surface area contributed by atoms with Crippen LogP contribution in [-0.2, 0) is 11.3 Å². The Bertz CT molecular complexity index is 1300. The summed E-state index contributed by atoms with van der Waals surface area (Å²) in [7, 11) is 0. The molecular weight excluding hydrogens is 420 g/mol. The number of phenols is 1. The van der Waals surface area contributed by atoms with Gasteiger partial charge in [-0.2, -0.15) is 0 Å². The molecule has 0 aromatic heterocycles. The SMILES string of the molecule is CC1NC(c2ccc(O)cc2)c2cc(Cl)ccc2N(Cc2ccc3ccccc3c2)C1=O. The smallest absolute Gasteiger partial charge is 0.244 e. The van der Waals surface area contributed by atoms with Crippen molar-refractivity contribution in [1.29, 1.82) is 0 Å². The van der Waals surface area contributed by atoms with Gasteiger partial charge < -0.3 is 10.0 Å².